The zero-order chi connectivity index (χ0) is 30.3. The number of fused-ring (bicyclic) bond motifs is 2. The van der Waals surface area contributed by atoms with Crippen LogP contribution in [0.25, 0.3) is 0 Å². The molecule has 0 spiro atoms. The minimum Gasteiger partial charge on any atom is -1.00 e. The fourth-order valence-electron chi connectivity index (χ4n) is 6.20. The monoisotopic (exact) mass is 690 g/mol. The molecular weight excluding hydrogens is 643 g/mol. The third-order valence-electron chi connectivity index (χ3n) is 8.49. The van der Waals surface area contributed by atoms with Crippen molar-refractivity contribution < 1.29 is 33.3 Å². The maximum absolute atomic E-state index is 12.2. The summed E-state index contributed by atoms with van der Waals surface area (Å²) in [5, 5.41) is 2.92. The lowest BCUT2D eigenvalue weighted by Gasteiger charge is -2.25. The Morgan fingerprint density at radius 1 is 1.02 bits per heavy atom. The van der Waals surface area contributed by atoms with Gasteiger partial charge in [-0.1, -0.05) is 62.1 Å². The van der Waals surface area contributed by atoms with Gasteiger partial charge in [-0.2, -0.15) is 4.58 Å². The molecule has 2 aromatic carbocycles. The summed E-state index contributed by atoms with van der Waals surface area (Å²) in [5.41, 5.74) is 14.0. The van der Waals surface area contributed by atoms with E-state index in [-0.39, 0.29) is 40.7 Å². The predicted octanol–water partition coefficient (Wildman–Crippen LogP) is 3.52. The lowest BCUT2D eigenvalue weighted by atomic mass is 9.81. The Balaban J connectivity index is 0.00000506. The van der Waals surface area contributed by atoms with Crippen LogP contribution in [0.4, 0.5) is 11.4 Å². The van der Waals surface area contributed by atoms with Gasteiger partial charge in [-0.25, -0.2) is 0 Å². The van der Waals surface area contributed by atoms with Crippen LogP contribution in [-0.2, 0) is 15.6 Å². The Bertz CT molecular complexity index is 1500. The zero-order valence-electron chi connectivity index (χ0n) is 26.6. The molecule has 0 aromatic heterocycles. The van der Waals surface area contributed by atoms with Gasteiger partial charge in [0.15, 0.2) is 5.71 Å². The molecule has 2 heterocycles. The van der Waals surface area contributed by atoms with Gasteiger partial charge >= 0.3 is 0 Å². The number of nitrogens with zero attached hydrogens (tertiary/aromatic N) is 2. The van der Waals surface area contributed by atoms with Gasteiger partial charge in [0.2, 0.25) is 11.6 Å². The highest BCUT2D eigenvalue weighted by Crippen LogP contribution is 2.47. The average molecular weight is 691 g/mol. The number of amides is 1. The lowest BCUT2D eigenvalue weighted by Crippen LogP contribution is -3.00. The lowest BCUT2D eigenvalue weighted by molar-refractivity contribution is -0.433. The molecule has 0 saturated carbocycles. The molecule has 0 aliphatic carbocycles. The molecule has 0 fully saturated rings. The number of nitrogens with one attached hydrogen (secondary N) is 1. The first-order chi connectivity index (χ1) is 20.2. The number of para-hydroxylation sites is 2. The molecule has 0 saturated heterocycles. The van der Waals surface area contributed by atoms with E-state index in [1.165, 1.54) is 33.9 Å². The minimum absolute atomic E-state index is 0. The minimum atomic E-state index is -0.115. The number of allylic oxidation sites excluding steroid dienone is 6. The summed E-state index contributed by atoms with van der Waals surface area (Å²) in [6.07, 6.45) is 10.4. The molecule has 4 rings (SSSR count). The molecule has 0 atom stereocenters. The van der Waals surface area contributed by atoms with Gasteiger partial charge in [-0.05, 0) is 70.5 Å². The van der Waals surface area contributed by atoms with Gasteiger partial charge in [-0.15, -0.1) is 0 Å². The third-order valence-corrected chi connectivity index (χ3v) is 8.49. The second kappa shape index (κ2) is 15.0. The molecule has 6 heteroatoms. The third kappa shape index (κ3) is 7.33. The van der Waals surface area contributed by atoms with Crippen molar-refractivity contribution in [2.24, 2.45) is 5.73 Å². The highest BCUT2D eigenvalue weighted by atomic mass is 127. The fraction of sp³-hybridized carbons (Fsp3) is 0.405. The molecule has 0 bridgehead atoms. The normalized spacial score (nSPS) is 17.4. The first-order valence-corrected chi connectivity index (χ1v) is 15.3. The number of anilines is 1. The van der Waals surface area contributed by atoms with E-state index in [1.54, 1.807) is 0 Å². The van der Waals surface area contributed by atoms with E-state index in [1.807, 2.05) is 0 Å². The summed E-state index contributed by atoms with van der Waals surface area (Å²) in [4.78, 5) is 14.6. The largest absolute Gasteiger partial charge is 1.00 e. The Morgan fingerprint density at radius 3 is 2.42 bits per heavy atom. The predicted molar refractivity (Wildman–Crippen MR) is 176 cm³/mol. The van der Waals surface area contributed by atoms with Gasteiger partial charge in [0.05, 0.1) is 5.41 Å². The number of hydrogen-bond donors (Lipinski definition) is 2. The molecule has 2 aromatic rings. The van der Waals surface area contributed by atoms with E-state index in [4.69, 9.17) is 5.73 Å². The summed E-state index contributed by atoms with van der Waals surface area (Å²) in [6.45, 7) is 16.5. The number of rotatable bonds is 10. The van der Waals surface area contributed by atoms with E-state index >= 15 is 0 Å². The molecule has 2 aliphatic rings. The summed E-state index contributed by atoms with van der Waals surface area (Å²) >= 11 is 0. The van der Waals surface area contributed by atoms with Crippen molar-refractivity contribution in [3.63, 3.8) is 0 Å². The number of nitrogens with two attached hydrogens (primary N) is 1. The van der Waals surface area contributed by atoms with Crippen LogP contribution in [0.5, 0.6) is 0 Å². The van der Waals surface area contributed by atoms with Crippen molar-refractivity contribution >= 4 is 23.0 Å². The Kier molecular flexibility index (Phi) is 12.0. The van der Waals surface area contributed by atoms with Crippen LogP contribution in [0, 0.1) is 11.8 Å². The van der Waals surface area contributed by atoms with Crippen LogP contribution in [0.2, 0.25) is 0 Å². The highest BCUT2D eigenvalue weighted by molar-refractivity contribution is 6.03. The SMILES string of the molecule is CCN1/C(=C/C=C(C#CCCC(=O)NCCCN)/C=C/C2=[N+](CC)c3ccccc3C2(C)C)C(C)(C)c2ccccc21.[I-]. The molecule has 5 nitrogen and oxygen atoms in total. The molecule has 43 heavy (non-hydrogen) atoms. The van der Waals surface area contributed by atoms with E-state index in [0.717, 1.165) is 25.1 Å². The maximum atomic E-state index is 12.2. The zero-order valence-corrected chi connectivity index (χ0v) is 28.8. The smallest absolute Gasteiger partial charge is 0.220 e. The van der Waals surface area contributed by atoms with Crippen molar-refractivity contribution in [2.45, 2.75) is 71.6 Å². The molecular formula is C37H47IN4O. The second-order valence-corrected chi connectivity index (χ2v) is 12.0. The summed E-state index contributed by atoms with van der Waals surface area (Å²) in [7, 11) is 0. The first-order valence-electron chi connectivity index (χ1n) is 15.3. The molecule has 1 amide bonds. The maximum Gasteiger partial charge on any atom is 0.220 e. The number of carbonyl (C=O) groups excluding carboxylic acids is 1. The summed E-state index contributed by atoms with van der Waals surface area (Å²) in [6, 6.07) is 17.4. The molecule has 3 N–H and O–H groups in total. The van der Waals surface area contributed by atoms with Crippen molar-refractivity contribution in [3.8, 4) is 11.8 Å². The highest BCUT2D eigenvalue weighted by Gasteiger charge is 2.43. The standard InChI is InChI=1S/C37H46N4O.HI/c1-7-40-31-19-12-10-17-29(31)36(3,4)33(40)24-22-28(16-9-14-21-35(42)39-27-15-26-38)23-25-34-37(5,6)30-18-11-13-20-32(30)41(34)8-2;/h10-13,17-20,22-25H,7-8,14-15,21,26-27,38H2,1-6H3;1H. The van der Waals surface area contributed by atoms with E-state index in [2.05, 4.69) is 141 Å². The van der Waals surface area contributed by atoms with Crippen LogP contribution < -0.4 is 39.9 Å². The Morgan fingerprint density at radius 2 is 1.72 bits per heavy atom. The van der Waals surface area contributed by atoms with Crippen LogP contribution >= 0.6 is 0 Å². The van der Waals surface area contributed by atoms with E-state index in [0.29, 0.717) is 25.9 Å². The molecule has 228 valence electrons. The van der Waals surface area contributed by atoms with Crippen molar-refractivity contribution in [1.29, 1.82) is 0 Å². The summed E-state index contributed by atoms with van der Waals surface area (Å²) < 4.78 is 2.40. The number of carbonyl (C=O) groups is 1. The van der Waals surface area contributed by atoms with E-state index in [9.17, 15) is 4.79 Å². The summed E-state index contributed by atoms with van der Waals surface area (Å²) in [5.74, 6) is 6.66. The Hall–Kier alpha value is -3.15. The Labute approximate surface area is 276 Å². The van der Waals surface area contributed by atoms with Crippen molar-refractivity contribution in [1.82, 2.24) is 5.32 Å². The molecule has 2 aliphatic heterocycles. The van der Waals surface area contributed by atoms with Gasteiger partial charge < -0.3 is 39.9 Å². The van der Waals surface area contributed by atoms with Crippen LogP contribution in [0.3, 0.4) is 0 Å². The quantitative estimate of drug-likeness (QED) is 0.132. The van der Waals surface area contributed by atoms with Gasteiger partial charge in [0, 0.05) is 66.0 Å². The van der Waals surface area contributed by atoms with Crippen molar-refractivity contribution in [2.75, 3.05) is 31.1 Å². The fourth-order valence-corrected chi connectivity index (χ4v) is 6.20. The first kappa shape index (κ1) is 34.3. The van der Waals surface area contributed by atoms with Gasteiger partial charge in [-0.3, -0.25) is 4.79 Å². The average Bonchev–Trinajstić information content (AvgIpc) is 3.34. The number of halogens is 1. The van der Waals surface area contributed by atoms with Gasteiger partial charge in [0.1, 0.15) is 6.54 Å². The second-order valence-electron chi connectivity index (χ2n) is 12.0. The topological polar surface area (TPSA) is 61.4 Å². The molecule has 0 unspecified atom stereocenters. The van der Waals surface area contributed by atoms with Crippen molar-refractivity contribution in [3.05, 3.63) is 95.2 Å². The van der Waals surface area contributed by atoms with Crippen LogP contribution in [0.15, 0.2) is 84.1 Å². The molecule has 0 radical (unpaired) electrons. The van der Waals surface area contributed by atoms with Crippen LogP contribution in [-0.4, -0.2) is 42.4 Å². The van der Waals surface area contributed by atoms with Gasteiger partial charge in [0.25, 0.3) is 0 Å². The number of benzene rings is 2. The van der Waals surface area contributed by atoms with Crippen LogP contribution in [0.1, 0.15) is 71.9 Å². The number of likely N-dealkylation sites (N-methyl/N-ethyl adjacent to an activating group) is 1. The van der Waals surface area contributed by atoms with E-state index < -0.39 is 0 Å². The number of hydrogen-bond acceptors (Lipinski definition) is 3.